The van der Waals surface area contributed by atoms with Crippen LogP contribution >= 0.6 is 23.2 Å². The molecule has 0 bridgehead atoms. The van der Waals surface area contributed by atoms with Gasteiger partial charge in [-0.2, -0.15) is 10.2 Å². The van der Waals surface area contributed by atoms with Crippen LogP contribution in [0.5, 0.6) is 5.75 Å². The first kappa shape index (κ1) is 33.8. The van der Waals surface area contributed by atoms with Crippen molar-refractivity contribution in [3.05, 3.63) is 112 Å². The van der Waals surface area contributed by atoms with Crippen LogP contribution in [0, 0.1) is 5.92 Å². The number of hydrogen-bond acceptors (Lipinski definition) is 9. The third-order valence-electron chi connectivity index (χ3n) is 10.1. The molecule has 0 spiro atoms. The molecule has 12 nitrogen and oxygen atoms in total. The Morgan fingerprint density at radius 1 is 0.843 bits per heavy atom. The Bertz CT molecular complexity index is 1970. The summed E-state index contributed by atoms with van der Waals surface area (Å²) in [7, 11) is 0. The van der Waals surface area contributed by atoms with Crippen LogP contribution in [-0.4, -0.2) is 74.6 Å². The Balaban J connectivity index is 0.837. The lowest BCUT2D eigenvalue weighted by Crippen LogP contribution is -2.46. The fourth-order valence-corrected chi connectivity index (χ4v) is 7.90. The highest BCUT2D eigenvalue weighted by atomic mass is 35.5. The first-order valence-electron chi connectivity index (χ1n) is 17.5. The van der Waals surface area contributed by atoms with E-state index in [1.165, 1.54) is 32.0 Å². The molecule has 1 saturated carbocycles. The smallest absolute Gasteiger partial charge is 0.350 e. The van der Waals surface area contributed by atoms with Crippen molar-refractivity contribution in [2.75, 3.05) is 49.2 Å². The maximum Gasteiger partial charge on any atom is 0.350 e. The van der Waals surface area contributed by atoms with Gasteiger partial charge < -0.3 is 24.0 Å². The van der Waals surface area contributed by atoms with Gasteiger partial charge in [-0.15, -0.1) is 0 Å². The summed E-state index contributed by atoms with van der Waals surface area (Å²) in [6.45, 7) is 5.18. The van der Waals surface area contributed by atoms with Gasteiger partial charge in [0.2, 0.25) is 5.79 Å². The second-order valence-electron chi connectivity index (χ2n) is 13.4. The molecule has 2 saturated heterocycles. The number of hydrogen-bond donors (Lipinski definition) is 0. The van der Waals surface area contributed by atoms with E-state index in [2.05, 4.69) is 49.2 Å². The van der Waals surface area contributed by atoms with Crippen LogP contribution in [0.2, 0.25) is 10.0 Å². The average Bonchev–Trinajstić information content (AvgIpc) is 3.99. The number of piperazine rings is 1. The Morgan fingerprint density at radius 2 is 1.53 bits per heavy atom. The molecule has 0 N–H and O–H groups in total. The summed E-state index contributed by atoms with van der Waals surface area (Å²) in [4.78, 5) is 21.8. The zero-order valence-corrected chi connectivity index (χ0v) is 29.7. The number of ether oxygens (including phenoxy) is 3. The summed E-state index contributed by atoms with van der Waals surface area (Å²) in [6.07, 6.45) is 9.27. The van der Waals surface area contributed by atoms with Crippen LogP contribution in [0.3, 0.4) is 0 Å². The summed E-state index contributed by atoms with van der Waals surface area (Å²) in [5, 5.41) is 9.61. The Labute approximate surface area is 306 Å². The SMILES string of the molecule is O=c1n(-c2ccc(N3CCN(c4ccc(OC[C@H]5CO[C@](Cn6cncn6)(c6ccc(Cl)cc6Cl)O5)cc4)CC3)cc2)cnn1CC1CCCC1. The molecular weight excluding hydrogens is 691 g/mol. The summed E-state index contributed by atoms with van der Waals surface area (Å²) in [6, 6.07) is 21.6. The number of halogens is 2. The minimum Gasteiger partial charge on any atom is -0.491 e. The lowest BCUT2D eigenvalue weighted by atomic mass is 10.1. The van der Waals surface area contributed by atoms with Gasteiger partial charge in [-0.1, -0.05) is 42.1 Å². The molecule has 266 valence electrons. The van der Waals surface area contributed by atoms with Gasteiger partial charge in [0.1, 0.15) is 44.0 Å². The molecule has 2 aliphatic heterocycles. The van der Waals surface area contributed by atoms with Crippen LogP contribution < -0.4 is 20.2 Å². The van der Waals surface area contributed by atoms with Crippen LogP contribution in [-0.2, 0) is 28.4 Å². The normalized spacial score (nSPS) is 21.1. The highest BCUT2D eigenvalue weighted by molar-refractivity contribution is 6.35. The van der Waals surface area contributed by atoms with Gasteiger partial charge in [-0.3, -0.25) is 0 Å². The van der Waals surface area contributed by atoms with E-state index in [9.17, 15) is 4.79 Å². The monoisotopic (exact) mass is 730 g/mol. The average molecular weight is 732 g/mol. The molecule has 3 fully saturated rings. The van der Waals surface area contributed by atoms with Gasteiger partial charge in [-0.25, -0.2) is 23.7 Å². The Morgan fingerprint density at radius 3 is 2.20 bits per heavy atom. The van der Waals surface area contributed by atoms with Crippen LogP contribution in [0.1, 0.15) is 31.2 Å². The molecule has 5 aromatic rings. The molecule has 14 heteroatoms. The zero-order valence-electron chi connectivity index (χ0n) is 28.2. The van der Waals surface area contributed by atoms with Crippen LogP contribution in [0.4, 0.5) is 11.4 Å². The number of rotatable bonds is 11. The van der Waals surface area contributed by atoms with Gasteiger partial charge in [0.15, 0.2) is 0 Å². The molecule has 0 unspecified atom stereocenters. The zero-order chi connectivity index (χ0) is 34.8. The fourth-order valence-electron chi connectivity index (χ4n) is 7.35. The highest BCUT2D eigenvalue weighted by Crippen LogP contribution is 2.40. The maximum atomic E-state index is 13.0. The molecule has 8 rings (SSSR count). The number of aromatic nitrogens is 6. The number of nitrogens with zero attached hydrogens (tertiary/aromatic N) is 8. The Kier molecular flexibility index (Phi) is 9.74. The van der Waals surface area contributed by atoms with Gasteiger partial charge in [-0.05, 0) is 79.4 Å². The quantitative estimate of drug-likeness (QED) is 0.167. The summed E-state index contributed by atoms with van der Waals surface area (Å²) in [5.74, 6) is 0.157. The van der Waals surface area contributed by atoms with E-state index < -0.39 is 5.79 Å². The van der Waals surface area contributed by atoms with Crippen molar-refractivity contribution in [3.8, 4) is 11.4 Å². The standard InChI is InChI=1S/C37H40Cl2N8O4/c38-28-5-14-34(35(39)19-28)37(23-45-25-40-24-41-45)50-22-33(51-37)21-49-32-12-10-30(11-13-32)44-17-15-43(16-18-44)29-6-8-31(9-7-29)46-26-42-47(36(46)48)20-27-3-1-2-4-27/h5-14,19,24-27,33H,1-4,15-18,20-23H2/t33-,37-/m0/s1. The molecular formula is C37H40Cl2N8O4. The summed E-state index contributed by atoms with van der Waals surface area (Å²) >= 11 is 12.8. The molecule has 2 aromatic heterocycles. The predicted octanol–water partition coefficient (Wildman–Crippen LogP) is 5.80. The second-order valence-corrected chi connectivity index (χ2v) is 14.3. The van der Waals surface area contributed by atoms with Crippen molar-refractivity contribution in [2.45, 2.75) is 50.7 Å². The lowest BCUT2D eigenvalue weighted by Gasteiger charge is -2.37. The highest BCUT2D eigenvalue weighted by Gasteiger charge is 2.45. The molecule has 0 radical (unpaired) electrons. The van der Waals surface area contributed by atoms with E-state index >= 15 is 0 Å². The molecule has 3 aliphatic rings. The van der Waals surface area contributed by atoms with Crippen molar-refractivity contribution in [1.82, 2.24) is 29.1 Å². The molecule has 51 heavy (non-hydrogen) atoms. The van der Waals surface area contributed by atoms with E-state index in [1.54, 1.807) is 38.7 Å². The first-order chi connectivity index (χ1) is 24.9. The molecule has 2 atom stereocenters. The van der Waals surface area contributed by atoms with Gasteiger partial charge >= 0.3 is 5.69 Å². The first-order valence-corrected chi connectivity index (χ1v) is 18.3. The third kappa shape index (κ3) is 7.36. The van der Waals surface area contributed by atoms with Gasteiger partial charge in [0, 0.05) is 54.7 Å². The van der Waals surface area contributed by atoms with E-state index in [1.807, 2.05) is 30.3 Å². The Hall–Kier alpha value is -4.36. The topological polar surface area (TPSA) is 105 Å². The fraction of sp³-hybridized carbons (Fsp3) is 0.405. The minimum absolute atomic E-state index is 0.0681. The van der Waals surface area contributed by atoms with Crippen molar-refractivity contribution >= 4 is 34.6 Å². The van der Waals surface area contributed by atoms with Gasteiger partial charge in [0.05, 0.1) is 17.3 Å². The largest absolute Gasteiger partial charge is 0.491 e. The maximum absolute atomic E-state index is 13.0. The van der Waals surface area contributed by atoms with Crippen molar-refractivity contribution in [2.24, 2.45) is 5.92 Å². The predicted molar refractivity (Wildman–Crippen MR) is 195 cm³/mol. The minimum atomic E-state index is -1.16. The van der Waals surface area contributed by atoms with E-state index in [4.69, 9.17) is 37.4 Å². The number of benzene rings is 3. The molecule has 0 amide bonds. The van der Waals surface area contributed by atoms with E-state index in [-0.39, 0.29) is 18.3 Å². The molecule has 4 heterocycles. The molecule has 3 aromatic carbocycles. The molecule has 1 aliphatic carbocycles. The van der Waals surface area contributed by atoms with Crippen LogP contribution in [0.25, 0.3) is 5.69 Å². The third-order valence-corrected chi connectivity index (χ3v) is 10.6. The lowest BCUT2D eigenvalue weighted by molar-refractivity contribution is -0.190. The van der Waals surface area contributed by atoms with Crippen molar-refractivity contribution < 1.29 is 14.2 Å². The van der Waals surface area contributed by atoms with Crippen LogP contribution in [0.15, 0.2) is 90.5 Å². The summed E-state index contributed by atoms with van der Waals surface area (Å²) in [5.41, 5.74) is 3.74. The van der Waals surface area contributed by atoms with Crippen molar-refractivity contribution in [1.29, 1.82) is 0 Å². The van der Waals surface area contributed by atoms with E-state index in [0.29, 0.717) is 41.3 Å². The van der Waals surface area contributed by atoms with Gasteiger partial charge in [0.25, 0.3) is 0 Å². The van der Waals surface area contributed by atoms with E-state index in [0.717, 1.165) is 49.0 Å². The summed E-state index contributed by atoms with van der Waals surface area (Å²) < 4.78 is 23.8. The number of anilines is 2. The van der Waals surface area contributed by atoms with Crippen molar-refractivity contribution in [3.63, 3.8) is 0 Å². The second kappa shape index (κ2) is 14.7.